The van der Waals surface area contributed by atoms with E-state index in [0.717, 1.165) is 10.6 Å². The number of nitrogens with one attached hydrogen (secondary N) is 1. The second-order valence-corrected chi connectivity index (χ2v) is 6.49. The summed E-state index contributed by atoms with van der Waals surface area (Å²) in [6.07, 6.45) is 2.96. The number of carbonyl (C=O) groups is 1. The minimum atomic E-state index is -0.464. The van der Waals surface area contributed by atoms with Crippen molar-refractivity contribution in [1.29, 1.82) is 0 Å². The molecular formula is C16H11N3O3S2. The third-order valence-electron chi connectivity index (χ3n) is 3.04. The first-order valence-electron chi connectivity index (χ1n) is 6.85. The largest absolute Gasteiger partial charge is 0.298 e. The summed E-state index contributed by atoms with van der Waals surface area (Å²) < 4.78 is 0. The number of carbonyl (C=O) groups excluding carboxylic acids is 1. The lowest BCUT2D eigenvalue weighted by atomic mass is 10.2. The highest BCUT2D eigenvalue weighted by Gasteiger charge is 2.07. The van der Waals surface area contributed by atoms with Gasteiger partial charge in [0.15, 0.2) is 5.13 Å². The van der Waals surface area contributed by atoms with Crippen molar-refractivity contribution in [1.82, 2.24) is 4.98 Å². The van der Waals surface area contributed by atoms with E-state index in [1.807, 2.05) is 22.9 Å². The Labute approximate surface area is 145 Å². The fourth-order valence-corrected chi connectivity index (χ4v) is 3.37. The molecule has 2 aromatic heterocycles. The first kappa shape index (κ1) is 16.0. The topological polar surface area (TPSA) is 85.1 Å². The van der Waals surface area contributed by atoms with E-state index in [9.17, 15) is 14.9 Å². The molecule has 0 atom stereocenters. The van der Waals surface area contributed by atoms with Crippen LogP contribution in [0.4, 0.5) is 10.8 Å². The molecule has 0 spiro atoms. The summed E-state index contributed by atoms with van der Waals surface area (Å²) >= 11 is 2.95. The molecular weight excluding hydrogens is 346 g/mol. The number of nitro groups is 1. The number of amides is 1. The Hall–Kier alpha value is -2.84. The minimum Gasteiger partial charge on any atom is -0.298 e. The molecule has 1 amide bonds. The Balaban J connectivity index is 1.62. The average Bonchev–Trinajstić information content (AvgIpc) is 3.24. The molecule has 0 fully saturated rings. The Morgan fingerprint density at radius 2 is 2.00 bits per heavy atom. The maximum absolute atomic E-state index is 11.9. The summed E-state index contributed by atoms with van der Waals surface area (Å²) in [5.74, 6) is -0.305. The van der Waals surface area contributed by atoms with E-state index in [2.05, 4.69) is 10.3 Å². The van der Waals surface area contributed by atoms with Crippen LogP contribution >= 0.6 is 22.7 Å². The van der Waals surface area contributed by atoms with Gasteiger partial charge in [0, 0.05) is 23.6 Å². The molecule has 0 unspecified atom stereocenters. The predicted molar refractivity (Wildman–Crippen MR) is 96.2 cm³/mol. The maximum Gasteiger partial charge on any atom is 0.269 e. The van der Waals surface area contributed by atoms with Crippen LogP contribution in [0.3, 0.4) is 0 Å². The van der Waals surface area contributed by atoms with E-state index in [0.29, 0.717) is 10.7 Å². The van der Waals surface area contributed by atoms with Crippen LogP contribution < -0.4 is 5.32 Å². The van der Waals surface area contributed by atoms with E-state index >= 15 is 0 Å². The molecule has 3 rings (SSSR count). The van der Waals surface area contributed by atoms with Crippen molar-refractivity contribution >= 4 is 45.5 Å². The molecule has 2 heterocycles. The van der Waals surface area contributed by atoms with Crippen LogP contribution in [0.2, 0.25) is 0 Å². The van der Waals surface area contributed by atoms with Gasteiger partial charge in [0.1, 0.15) is 0 Å². The van der Waals surface area contributed by atoms with E-state index in [1.54, 1.807) is 29.5 Å². The second kappa shape index (κ2) is 7.16. The van der Waals surface area contributed by atoms with Gasteiger partial charge < -0.3 is 0 Å². The van der Waals surface area contributed by atoms with Gasteiger partial charge in [0.05, 0.1) is 15.5 Å². The van der Waals surface area contributed by atoms with Gasteiger partial charge in [-0.2, -0.15) is 0 Å². The number of thiazole rings is 1. The number of nitro benzene ring substituents is 1. The number of hydrogen-bond acceptors (Lipinski definition) is 6. The van der Waals surface area contributed by atoms with Crippen LogP contribution in [-0.2, 0) is 4.79 Å². The van der Waals surface area contributed by atoms with Gasteiger partial charge in [-0.25, -0.2) is 4.98 Å². The number of thiophene rings is 1. The van der Waals surface area contributed by atoms with E-state index in [4.69, 9.17) is 0 Å². The van der Waals surface area contributed by atoms with Crippen LogP contribution in [0.5, 0.6) is 0 Å². The molecule has 1 N–H and O–H groups in total. The van der Waals surface area contributed by atoms with Crippen LogP contribution in [-0.4, -0.2) is 15.8 Å². The summed E-state index contributed by atoms with van der Waals surface area (Å²) in [6, 6.07) is 9.88. The van der Waals surface area contributed by atoms with Crippen molar-refractivity contribution in [3.8, 4) is 10.6 Å². The third-order valence-corrected chi connectivity index (χ3v) is 4.69. The van der Waals surface area contributed by atoms with Crippen molar-refractivity contribution in [2.24, 2.45) is 0 Å². The lowest BCUT2D eigenvalue weighted by Crippen LogP contribution is -2.07. The number of rotatable bonds is 5. The second-order valence-electron chi connectivity index (χ2n) is 4.69. The van der Waals surface area contributed by atoms with Gasteiger partial charge in [-0.05, 0) is 35.2 Å². The Morgan fingerprint density at radius 3 is 2.67 bits per heavy atom. The maximum atomic E-state index is 11.9. The summed E-state index contributed by atoms with van der Waals surface area (Å²) in [5.41, 5.74) is 1.55. The Bertz CT molecular complexity index is 884. The van der Waals surface area contributed by atoms with Gasteiger partial charge in [-0.3, -0.25) is 20.2 Å². The van der Waals surface area contributed by atoms with Crippen molar-refractivity contribution in [3.05, 3.63) is 68.9 Å². The van der Waals surface area contributed by atoms with Gasteiger partial charge in [-0.15, -0.1) is 22.7 Å². The Morgan fingerprint density at radius 1 is 1.21 bits per heavy atom. The first-order valence-corrected chi connectivity index (χ1v) is 8.61. The first-order chi connectivity index (χ1) is 11.6. The predicted octanol–water partition coefficient (Wildman–Crippen LogP) is 4.43. The van der Waals surface area contributed by atoms with Crippen LogP contribution in [0.25, 0.3) is 16.6 Å². The quantitative estimate of drug-likeness (QED) is 0.416. The number of anilines is 1. The monoisotopic (exact) mass is 357 g/mol. The van der Waals surface area contributed by atoms with Gasteiger partial charge >= 0.3 is 0 Å². The molecule has 0 radical (unpaired) electrons. The number of benzene rings is 1. The molecule has 8 heteroatoms. The molecule has 6 nitrogen and oxygen atoms in total. The zero-order valence-electron chi connectivity index (χ0n) is 12.2. The standard InChI is InChI=1S/C16H11N3O3S2/c20-15(8-5-11-3-6-12(7-4-11)19(21)22)18-16-17-13(10-24-16)14-2-1-9-23-14/h1-10H,(H,17,18,20)/b8-5+. The highest BCUT2D eigenvalue weighted by Crippen LogP contribution is 2.28. The molecule has 0 aliphatic rings. The van der Waals surface area contributed by atoms with Crippen LogP contribution in [0.1, 0.15) is 5.56 Å². The zero-order chi connectivity index (χ0) is 16.9. The molecule has 0 saturated heterocycles. The van der Waals surface area contributed by atoms with Gasteiger partial charge in [0.25, 0.3) is 5.69 Å². The van der Waals surface area contributed by atoms with Crippen molar-refractivity contribution in [3.63, 3.8) is 0 Å². The highest BCUT2D eigenvalue weighted by atomic mass is 32.1. The van der Waals surface area contributed by atoms with Crippen LogP contribution in [0.15, 0.2) is 53.2 Å². The summed E-state index contributed by atoms with van der Waals surface area (Å²) in [5, 5.41) is 17.7. The molecule has 120 valence electrons. The van der Waals surface area contributed by atoms with Crippen molar-refractivity contribution < 1.29 is 9.72 Å². The molecule has 0 aliphatic heterocycles. The van der Waals surface area contributed by atoms with Crippen molar-refractivity contribution in [2.45, 2.75) is 0 Å². The molecule has 0 aliphatic carbocycles. The van der Waals surface area contributed by atoms with E-state index < -0.39 is 4.92 Å². The zero-order valence-corrected chi connectivity index (χ0v) is 13.8. The fraction of sp³-hybridized carbons (Fsp3) is 0. The third kappa shape index (κ3) is 3.92. The highest BCUT2D eigenvalue weighted by molar-refractivity contribution is 7.16. The number of hydrogen-bond donors (Lipinski definition) is 1. The molecule has 1 aromatic carbocycles. The summed E-state index contributed by atoms with van der Waals surface area (Å²) in [6.45, 7) is 0. The average molecular weight is 357 g/mol. The minimum absolute atomic E-state index is 0.0143. The molecule has 24 heavy (non-hydrogen) atoms. The SMILES string of the molecule is O=C(/C=C/c1ccc([N+](=O)[O-])cc1)Nc1nc(-c2cccs2)cs1. The number of non-ortho nitro benzene ring substituents is 1. The van der Waals surface area contributed by atoms with Gasteiger partial charge in [-0.1, -0.05) is 6.07 Å². The lowest BCUT2D eigenvalue weighted by molar-refractivity contribution is -0.384. The van der Waals surface area contributed by atoms with E-state index in [-0.39, 0.29) is 11.6 Å². The molecule has 0 bridgehead atoms. The summed E-state index contributed by atoms with van der Waals surface area (Å²) in [4.78, 5) is 27.5. The fourth-order valence-electron chi connectivity index (χ4n) is 1.89. The molecule has 3 aromatic rings. The Kier molecular flexibility index (Phi) is 4.78. The summed E-state index contributed by atoms with van der Waals surface area (Å²) in [7, 11) is 0. The van der Waals surface area contributed by atoms with Gasteiger partial charge in [0.2, 0.25) is 5.91 Å². The van der Waals surface area contributed by atoms with E-state index in [1.165, 1.54) is 29.5 Å². The normalized spacial score (nSPS) is 10.8. The van der Waals surface area contributed by atoms with Crippen molar-refractivity contribution in [2.75, 3.05) is 5.32 Å². The smallest absolute Gasteiger partial charge is 0.269 e. The van der Waals surface area contributed by atoms with Crippen LogP contribution in [0, 0.1) is 10.1 Å². The number of nitrogens with zero attached hydrogens (tertiary/aromatic N) is 2. The molecule has 0 saturated carbocycles. The lowest BCUT2D eigenvalue weighted by Gasteiger charge is -1.96. The number of aromatic nitrogens is 1.